The molecule has 6 nitrogen and oxygen atoms in total. The van der Waals surface area contributed by atoms with Crippen molar-refractivity contribution in [3.63, 3.8) is 0 Å². The lowest BCUT2D eigenvalue weighted by Crippen LogP contribution is -2.49. The van der Waals surface area contributed by atoms with Gasteiger partial charge in [-0.2, -0.15) is 0 Å². The van der Waals surface area contributed by atoms with Gasteiger partial charge in [0.2, 0.25) is 5.91 Å². The van der Waals surface area contributed by atoms with E-state index >= 15 is 0 Å². The monoisotopic (exact) mass is 341 g/mol. The van der Waals surface area contributed by atoms with Crippen LogP contribution in [0.1, 0.15) is 42.7 Å². The first kappa shape index (κ1) is 16.1. The zero-order chi connectivity index (χ0) is 17.4. The maximum Gasteiger partial charge on any atom is 0.227 e. The summed E-state index contributed by atoms with van der Waals surface area (Å²) in [6.07, 6.45) is 7.92. The molecule has 4 heterocycles. The number of piperidine rings is 1. The number of amides is 1. The van der Waals surface area contributed by atoms with Gasteiger partial charge in [-0.05, 0) is 38.8 Å². The van der Waals surface area contributed by atoms with Gasteiger partial charge in [-0.25, -0.2) is 0 Å². The van der Waals surface area contributed by atoms with Crippen molar-refractivity contribution >= 4 is 5.91 Å². The van der Waals surface area contributed by atoms with E-state index in [2.05, 4.69) is 15.0 Å². The first-order chi connectivity index (χ1) is 12.1. The topological polar surface area (TPSA) is 68.5 Å². The largest absolute Gasteiger partial charge is 0.489 e. The Bertz CT molecular complexity index is 725. The minimum atomic E-state index is 0.157. The lowest BCUT2D eigenvalue weighted by atomic mass is 9.98. The van der Waals surface area contributed by atoms with E-state index in [1.54, 1.807) is 12.4 Å². The second kappa shape index (κ2) is 6.50. The number of hydrogen-bond donors (Lipinski definition) is 0. The molecule has 132 valence electrons. The Labute approximate surface area is 147 Å². The predicted molar refractivity (Wildman–Crippen MR) is 91.2 cm³/mol. The highest BCUT2D eigenvalue weighted by Gasteiger charge is 2.44. The van der Waals surface area contributed by atoms with E-state index < -0.39 is 0 Å². The van der Waals surface area contributed by atoms with Crippen molar-refractivity contribution in [1.29, 1.82) is 0 Å². The van der Waals surface area contributed by atoms with Gasteiger partial charge in [-0.15, -0.1) is 0 Å². The molecule has 2 unspecified atom stereocenters. The zero-order valence-corrected chi connectivity index (χ0v) is 14.6. The molecule has 0 spiro atoms. The van der Waals surface area contributed by atoms with Gasteiger partial charge in [0.1, 0.15) is 17.6 Å². The molecule has 2 aliphatic rings. The van der Waals surface area contributed by atoms with Crippen molar-refractivity contribution in [3.05, 3.63) is 41.5 Å². The second-order valence-corrected chi connectivity index (χ2v) is 7.07. The average molecular weight is 341 g/mol. The van der Waals surface area contributed by atoms with E-state index in [-0.39, 0.29) is 24.1 Å². The Morgan fingerprint density at radius 3 is 2.68 bits per heavy atom. The van der Waals surface area contributed by atoms with Crippen molar-refractivity contribution in [3.8, 4) is 5.75 Å². The zero-order valence-electron chi connectivity index (χ0n) is 14.6. The summed E-state index contributed by atoms with van der Waals surface area (Å²) in [4.78, 5) is 19.1. The van der Waals surface area contributed by atoms with Crippen LogP contribution in [0.25, 0.3) is 0 Å². The van der Waals surface area contributed by atoms with E-state index in [4.69, 9.17) is 9.26 Å². The third-order valence-electron chi connectivity index (χ3n) is 5.42. The van der Waals surface area contributed by atoms with Gasteiger partial charge in [-0.3, -0.25) is 9.78 Å². The molecule has 25 heavy (non-hydrogen) atoms. The van der Waals surface area contributed by atoms with Crippen LogP contribution in [0.2, 0.25) is 0 Å². The van der Waals surface area contributed by atoms with E-state index in [9.17, 15) is 4.79 Å². The van der Waals surface area contributed by atoms with Crippen LogP contribution in [0.3, 0.4) is 0 Å². The minimum Gasteiger partial charge on any atom is -0.489 e. The fraction of sp³-hybridized carbons (Fsp3) is 0.526. The highest BCUT2D eigenvalue weighted by Crippen LogP contribution is 2.37. The Hall–Kier alpha value is -2.37. The smallest absolute Gasteiger partial charge is 0.227 e. The summed E-state index contributed by atoms with van der Waals surface area (Å²) in [5.41, 5.74) is 1.74. The van der Waals surface area contributed by atoms with Crippen LogP contribution in [0, 0.1) is 13.8 Å². The fourth-order valence-electron chi connectivity index (χ4n) is 4.24. The SMILES string of the molecule is Cc1noc(C)c1CC(=O)N1C2CCC1CC(Oc1cccnc1)C2. The van der Waals surface area contributed by atoms with Crippen LogP contribution >= 0.6 is 0 Å². The van der Waals surface area contributed by atoms with Crippen LogP contribution < -0.4 is 4.74 Å². The van der Waals surface area contributed by atoms with Gasteiger partial charge in [-0.1, -0.05) is 5.16 Å². The Balaban J connectivity index is 1.43. The summed E-state index contributed by atoms with van der Waals surface area (Å²) < 4.78 is 11.3. The Morgan fingerprint density at radius 2 is 2.08 bits per heavy atom. The molecule has 0 saturated carbocycles. The number of fused-ring (bicyclic) bond motifs is 2. The van der Waals surface area contributed by atoms with E-state index in [0.717, 1.165) is 48.5 Å². The molecule has 0 N–H and O–H groups in total. The van der Waals surface area contributed by atoms with Crippen LogP contribution in [0.5, 0.6) is 5.75 Å². The van der Waals surface area contributed by atoms with Crippen LogP contribution in [-0.4, -0.2) is 39.1 Å². The van der Waals surface area contributed by atoms with E-state index in [1.165, 1.54) is 0 Å². The lowest BCUT2D eigenvalue weighted by molar-refractivity contribution is -0.136. The fourth-order valence-corrected chi connectivity index (χ4v) is 4.24. The molecule has 4 rings (SSSR count). The number of rotatable bonds is 4. The number of carbonyl (C=O) groups excluding carboxylic acids is 1. The molecule has 2 bridgehead atoms. The predicted octanol–water partition coefficient (Wildman–Crippen LogP) is 2.83. The summed E-state index contributed by atoms with van der Waals surface area (Å²) in [5.74, 6) is 1.73. The molecule has 2 atom stereocenters. The summed E-state index contributed by atoms with van der Waals surface area (Å²) >= 11 is 0. The molecule has 2 fully saturated rings. The lowest BCUT2D eigenvalue weighted by Gasteiger charge is -2.39. The van der Waals surface area contributed by atoms with Crippen LogP contribution in [-0.2, 0) is 11.2 Å². The number of ether oxygens (including phenoxy) is 1. The van der Waals surface area contributed by atoms with E-state index in [0.29, 0.717) is 6.42 Å². The molecule has 0 aromatic carbocycles. The van der Waals surface area contributed by atoms with Gasteiger partial charge >= 0.3 is 0 Å². The second-order valence-electron chi connectivity index (χ2n) is 7.07. The van der Waals surface area contributed by atoms with Crippen molar-refractivity contribution in [1.82, 2.24) is 15.0 Å². The molecule has 2 aromatic heterocycles. The third kappa shape index (κ3) is 3.13. The highest BCUT2D eigenvalue weighted by molar-refractivity contribution is 5.80. The van der Waals surface area contributed by atoms with Gasteiger partial charge in [0.25, 0.3) is 0 Å². The normalized spacial score (nSPS) is 25.2. The number of aryl methyl sites for hydroxylation is 2. The van der Waals surface area contributed by atoms with Crippen molar-refractivity contribution in [2.24, 2.45) is 0 Å². The number of hydrogen-bond acceptors (Lipinski definition) is 5. The van der Waals surface area contributed by atoms with Gasteiger partial charge < -0.3 is 14.2 Å². The van der Waals surface area contributed by atoms with Gasteiger partial charge in [0, 0.05) is 36.7 Å². The third-order valence-corrected chi connectivity index (χ3v) is 5.42. The summed E-state index contributed by atoms with van der Waals surface area (Å²) in [6, 6.07) is 4.36. The number of pyridine rings is 1. The van der Waals surface area contributed by atoms with Crippen molar-refractivity contribution < 1.29 is 14.1 Å². The minimum absolute atomic E-state index is 0.157. The molecule has 0 aliphatic carbocycles. The summed E-state index contributed by atoms with van der Waals surface area (Å²) in [7, 11) is 0. The van der Waals surface area contributed by atoms with E-state index in [1.807, 2.05) is 26.0 Å². The summed E-state index contributed by atoms with van der Waals surface area (Å²) in [5, 5.41) is 3.96. The molecule has 0 radical (unpaired) electrons. The molecule has 6 heteroatoms. The summed E-state index contributed by atoms with van der Waals surface area (Å²) in [6.45, 7) is 3.76. The van der Waals surface area contributed by atoms with Gasteiger partial charge in [0.15, 0.2) is 0 Å². The molecule has 2 saturated heterocycles. The first-order valence-corrected chi connectivity index (χ1v) is 8.91. The molecular formula is C19H23N3O3. The quantitative estimate of drug-likeness (QED) is 0.855. The molecule has 2 aliphatic heterocycles. The first-order valence-electron chi connectivity index (χ1n) is 8.91. The Kier molecular flexibility index (Phi) is 4.19. The maximum absolute atomic E-state index is 12.9. The highest BCUT2D eigenvalue weighted by atomic mass is 16.5. The standard InChI is InChI=1S/C19H23N3O3/c1-12-18(13(2)25-21-12)10-19(23)22-14-5-6-15(22)9-17(8-14)24-16-4-3-7-20-11-16/h3-4,7,11,14-15,17H,5-6,8-10H2,1-2H3. The molecular weight excluding hydrogens is 318 g/mol. The average Bonchev–Trinajstić information content (AvgIpc) is 3.06. The number of nitrogens with zero attached hydrogens (tertiary/aromatic N) is 3. The number of aromatic nitrogens is 2. The maximum atomic E-state index is 12.9. The van der Waals surface area contributed by atoms with Crippen LogP contribution in [0.4, 0.5) is 0 Å². The van der Waals surface area contributed by atoms with Crippen molar-refractivity contribution in [2.45, 2.75) is 64.1 Å². The van der Waals surface area contributed by atoms with Crippen LogP contribution in [0.15, 0.2) is 29.0 Å². The van der Waals surface area contributed by atoms with Crippen molar-refractivity contribution in [2.75, 3.05) is 0 Å². The Morgan fingerprint density at radius 1 is 1.32 bits per heavy atom. The van der Waals surface area contributed by atoms with Gasteiger partial charge in [0.05, 0.1) is 18.3 Å². The number of carbonyl (C=O) groups is 1. The molecule has 2 aromatic rings. The molecule has 1 amide bonds.